The molecule has 2 aliphatic heterocycles. The van der Waals surface area contributed by atoms with Gasteiger partial charge in [0.15, 0.2) is 5.79 Å². The smallest absolute Gasteiger partial charge is 0.169 e. The van der Waals surface area contributed by atoms with Crippen LogP contribution in [-0.2, 0) is 14.2 Å². The molecular weight excluding hydrogens is 618 g/mol. The lowest BCUT2D eigenvalue weighted by molar-refractivity contribution is -0.202. The monoisotopic (exact) mass is 700 g/mol. The number of β-amino-alcohol motifs (C(OH)–C–C–N with tert-alkyl or cyclic N) is 1. The van der Waals surface area contributed by atoms with E-state index >= 15 is 0 Å². The number of aliphatic hydroxyl groups excluding tert-OH is 1. The molecule has 0 aromatic heterocycles. The summed E-state index contributed by atoms with van der Waals surface area (Å²) in [5.74, 6) is -0.590. The molecule has 1 N–H and O–H groups in total. The van der Waals surface area contributed by atoms with Gasteiger partial charge in [-0.25, -0.2) is 0 Å². The van der Waals surface area contributed by atoms with Gasteiger partial charge in [-0.15, -0.1) is 0 Å². The van der Waals surface area contributed by atoms with E-state index in [2.05, 4.69) is 67.4 Å². The number of hydrogen-bond acceptors (Lipinski definition) is 5. The summed E-state index contributed by atoms with van der Waals surface area (Å²) in [7, 11) is 3.80. The zero-order valence-electron chi connectivity index (χ0n) is 33.3. The molecule has 290 valence electrons. The number of allylic oxidation sites excluding steroid dienone is 8. The fourth-order valence-corrected chi connectivity index (χ4v) is 7.49. The van der Waals surface area contributed by atoms with E-state index in [4.69, 9.17) is 14.2 Å². The molecule has 2 saturated heterocycles. The van der Waals surface area contributed by atoms with Crippen LogP contribution in [0.25, 0.3) is 0 Å². The Morgan fingerprint density at radius 2 is 0.960 bits per heavy atom. The Kier molecular flexibility index (Phi) is 27.2. The van der Waals surface area contributed by atoms with Gasteiger partial charge < -0.3 is 24.2 Å². The quantitative estimate of drug-likeness (QED) is 0.0576. The van der Waals surface area contributed by atoms with Crippen LogP contribution in [0, 0.1) is 0 Å². The van der Waals surface area contributed by atoms with Gasteiger partial charge in [-0.1, -0.05) is 140 Å². The highest BCUT2D eigenvalue weighted by molar-refractivity contribution is 4.98. The molecule has 50 heavy (non-hydrogen) atoms. The van der Waals surface area contributed by atoms with Crippen molar-refractivity contribution >= 4 is 0 Å². The van der Waals surface area contributed by atoms with Crippen LogP contribution in [-0.4, -0.2) is 67.5 Å². The first kappa shape index (κ1) is 44.9. The average Bonchev–Trinajstić information content (AvgIpc) is 3.45. The highest BCUT2D eigenvalue weighted by Crippen LogP contribution is 2.41. The average molecular weight is 700 g/mol. The summed E-state index contributed by atoms with van der Waals surface area (Å²) in [6, 6.07) is 0. The third kappa shape index (κ3) is 20.7. The Balaban J connectivity index is 1.67. The summed E-state index contributed by atoms with van der Waals surface area (Å²) in [5.41, 5.74) is 0. The first-order valence-electron chi connectivity index (χ1n) is 21.4. The molecule has 2 fully saturated rings. The first-order valence-corrected chi connectivity index (χ1v) is 21.4. The maximum absolute atomic E-state index is 11.1. The van der Waals surface area contributed by atoms with Crippen LogP contribution in [0.5, 0.6) is 0 Å². The molecule has 0 aliphatic carbocycles. The van der Waals surface area contributed by atoms with Crippen LogP contribution in [0.3, 0.4) is 0 Å². The van der Waals surface area contributed by atoms with E-state index in [1.54, 1.807) is 7.11 Å². The maximum atomic E-state index is 11.1. The van der Waals surface area contributed by atoms with Crippen molar-refractivity contribution in [3.05, 3.63) is 48.6 Å². The van der Waals surface area contributed by atoms with Crippen molar-refractivity contribution < 1.29 is 19.3 Å². The van der Waals surface area contributed by atoms with Crippen molar-refractivity contribution in [3.8, 4) is 0 Å². The van der Waals surface area contributed by atoms with Gasteiger partial charge in [-0.3, -0.25) is 0 Å². The van der Waals surface area contributed by atoms with E-state index in [9.17, 15) is 5.11 Å². The first-order chi connectivity index (χ1) is 24.5. The van der Waals surface area contributed by atoms with Gasteiger partial charge in [-0.05, 0) is 84.1 Å². The number of likely N-dealkylation sites (N-methyl/N-ethyl adjacent to an activating group) is 1. The summed E-state index contributed by atoms with van der Waals surface area (Å²) in [6.07, 6.45) is 49.3. The fraction of sp³-hybridized carbons (Fsp3) is 0.822. The summed E-state index contributed by atoms with van der Waals surface area (Å²) < 4.78 is 19.5. The number of ether oxygens (including phenoxy) is 3. The molecule has 0 saturated carbocycles. The summed E-state index contributed by atoms with van der Waals surface area (Å²) in [6.45, 7) is 5.87. The molecule has 2 heterocycles. The van der Waals surface area contributed by atoms with Crippen LogP contribution in [0.4, 0.5) is 0 Å². The SMILES string of the molecule is CCCCC/C=C\C/C=C\CCCCCCCCC1(CCCCCCCC/C=C\C/C=C\CCCCC)O[C@@H]2C(OC)CN(C)CC(O)[C@@H]2O1. The van der Waals surface area contributed by atoms with Crippen LogP contribution in [0.15, 0.2) is 48.6 Å². The van der Waals surface area contributed by atoms with E-state index in [0.717, 1.165) is 45.1 Å². The van der Waals surface area contributed by atoms with Crippen LogP contribution >= 0.6 is 0 Å². The molecule has 0 amide bonds. The van der Waals surface area contributed by atoms with Gasteiger partial charge in [-0.2, -0.15) is 0 Å². The van der Waals surface area contributed by atoms with Crippen molar-refractivity contribution in [1.82, 2.24) is 4.90 Å². The van der Waals surface area contributed by atoms with Crippen LogP contribution in [0.1, 0.15) is 181 Å². The van der Waals surface area contributed by atoms with Crippen molar-refractivity contribution in [3.63, 3.8) is 0 Å². The van der Waals surface area contributed by atoms with Gasteiger partial charge in [0, 0.05) is 33.0 Å². The zero-order chi connectivity index (χ0) is 36.0. The van der Waals surface area contributed by atoms with E-state index in [-0.39, 0.29) is 18.3 Å². The molecule has 2 rings (SSSR count). The molecule has 0 aromatic rings. The van der Waals surface area contributed by atoms with Gasteiger partial charge >= 0.3 is 0 Å². The predicted molar refractivity (Wildman–Crippen MR) is 215 cm³/mol. The molecule has 5 heteroatoms. The lowest BCUT2D eigenvalue weighted by Crippen LogP contribution is -2.42. The summed E-state index contributed by atoms with van der Waals surface area (Å²) >= 11 is 0. The number of likely N-dealkylation sites (tertiary alicyclic amines) is 1. The van der Waals surface area contributed by atoms with E-state index in [0.29, 0.717) is 6.54 Å². The van der Waals surface area contributed by atoms with Crippen LogP contribution < -0.4 is 0 Å². The minimum atomic E-state index is -0.590. The number of hydrogen-bond donors (Lipinski definition) is 1. The van der Waals surface area contributed by atoms with Gasteiger partial charge in [0.05, 0.1) is 12.2 Å². The zero-order valence-corrected chi connectivity index (χ0v) is 33.3. The van der Waals surface area contributed by atoms with Crippen molar-refractivity contribution in [2.24, 2.45) is 0 Å². The molecule has 4 atom stereocenters. The maximum Gasteiger partial charge on any atom is 0.169 e. The lowest BCUT2D eigenvalue weighted by atomic mass is 9.98. The van der Waals surface area contributed by atoms with E-state index in [1.807, 2.05) is 7.05 Å². The third-order valence-electron chi connectivity index (χ3n) is 10.6. The topological polar surface area (TPSA) is 51.2 Å². The largest absolute Gasteiger partial charge is 0.389 e. The Bertz CT molecular complexity index is 850. The molecule has 0 radical (unpaired) electrons. The standard InChI is InChI=1S/C45H81NO4/c1-5-7-9-11-13-15-17-19-21-23-25-27-29-31-33-35-37-45(49-43-41(47)39-46(3)40-42(48-4)44(43)50-45)38-36-34-32-30-28-26-24-22-20-18-16-14-12-10-8-6-2/h13-16,19-22,41-44,47H,5-12,17-18,23-40H2,1-4H3/b15-13-,16-14-,21-19-,22-20-/t41?,42?,43-,44+/m0/s1. The molecule has 0 spiro atoms. The number of aliphatic hydroxyl groups is 1. The van der Waals surface area contributed by atoms with Crippen molar-refractivity contribution in [1.29, 1.82) is 0 Å². The van der Waals surface area contributed by atoms with Crippen molar-refractivity contribution in [2.45, 2.75) is 211 Å². The Morgan fingerprint density at radius 3 is 1.40 bits per heavy atom. The van der Waals surface area contributed by atoms with Gasteiger partial charge in [0.2, 0.25) is 0 Å². The normalized spacial score (nSPS) is 22.9. The van der Waals surface area contributed by atoms with Crippen LogP contribution in [0.2, 0.25) is 0 Å². The number of methoxy groups -OCH3 is 1. The summed E-state index contributed by atoms with van der Waals surface area (Å²) in [5, 5.41) is 11.1. The van der Waals surface area contributed by atoms with E-state index in [1.165, 1.54) is 128 Å². The molecule has 0 aromatic carbocycles. The number of unbranched alkanes of at least 4 members (excludes halogenated alkanes) is 18. The minimum absolute atomic E-state index is 0.0873. The minimum Gasteiger partial charge on any atom is -0.389 e. The van der Waals surface area contributed by atoms with E-state index < -0.39 is 11.9 Å². The van der Waals surface area contributed by atoms with Crippen molar-refractivity contribution in [2.75, 3.05) is 27.2 Å². The molecular formula is C45H81NO4. The Hall–Kier alpha value is -1.24. The molecule has 0 bridgehead atoms. The predicted octanol–water partition coefficient (Wildman–Crippen LogP) is 12.2. The number of fused-ring (bicyclic) bond motifs is 1. The Morgan fingerprint density at radius 1 is 0.560 bits per heavy atom. The Labute approximate surface area is 310 Å². The van der Waals surface area contributed by atoms with Gasteiger partial charge in [0.25, 0.3) is 0 Å². The van der Waals surface area contributed by atoms with Gasteiger partial charge in [0.1, 0.15) is 12.2 Å². The summed E-state index contributed by atoms with van der Waals surface area (Å²) in [4.78, 5) is 2.14. The fourth-order valence-electron chi connectivity index (χ4n) is 7.49. The molecule has 2 aliphatic rings. The highest BCUT2D eigenvalue weighted by Gasteiger charge is 2.53. The number of rotatable bonds is 31. The second-order valence-corrected chi connectivity index (χ2v) is 15.3. The second kappa shape index (κ2) is 30.2. The lowest BCUT2D eigenvalue weighted by Gasteiger charge is -2.31. The second-order valence-electron chi connectivity index (χ2n) is 15.3. The third-order valence-corrected chi connectivity index (χ3v) is 10.6. The number of nitrogens with zero attached hydrogens (tertiary/aromatic N) is 1. The molecule has 5 nitrogen and oxygen atoms in total. The molecule has 2 unspecified atom stereocenters. The highest BCUT2D eigenvalue weighted by atomic mass is 16.8.